The second kappa shape index (κ2) is 5.04. The van der Waals surface area contributed by atoms with Gasteiger partial charge in [0.15, 0.2) is 0 Å². The highest BCUT2D eigenvalue weighted by Gasteiger charge is 2.63. The van der Waals surface area contributed by atoms with Gasteiger partial charge in [0, 0.05) is 29.5 Å². The van der Waals surface area contributed by atoms with Gasteiger partial charge in [0.2, 0.25) is 0 Å². The Morgan fingerprint density at radius 2 is 1.80 bits per heavy atom. The molecule has 0 aromatic heterocycles. The van der Waals surface area contributed by atoms with Crippen molar-refractivity contribution < 1.29 is 28.1 Å². The van der Waals surface area contributed by atoms with Gasteiger partial charge in [-0.2, -0.15) is 13.2 Å². The largest absolute Gasteiger partial charge is 0.428 e. The molecule has 0 heterocycles. The van der Waals surface area contributed by atoms with Gasteiger partial charge in [-0.15, -0.1) is 0 Å². The lowest BCUT2D eigenvalue weighted by molar-refractivity contribution is -0.559. The molecule has 20 heavy (non-hydrogen) atoms. The van der Waals surface area contributed by atoms with E-state index in [9.17, 15) is 38.5 Å². The van der Waals surface area contributed by atoms with Crippen LogP contribution in [0.1, 0.15) is 12.5 Å². The zero-order valence-electron chi connectivity index (χ0n) is 10.00. The molecule has 0 saturated heterocycles. The van der Waals surface area contributed by atoms with Gasteiger partial charge in [-0.05, 0) is 0 Å². The number of rotatable bonds is 4. The van der Waals surface area contributed by atoms with Crippen molar-refractivity contribution in [2.24, 2.45) is 0 Å². The second-order valence-electron chi connectivity index (χ2n) is 4.03. The number of nitrogens with zero attached hydrogens (tertiary/aromatic N) is 2. The van der Waals surface area contributed by atoms with Crippen LogP contribution in [0.25, 0.3) is 0 Å². The van der Waals surface area contributed by atoms with Gasteiger partial charge < -0.3 is 5.11 Å². The lowest BCUT2D eigenvalue weighted by Crippen LogP contribution is -2.53. The summed E-state index contributed by atoms with van der Waals surface area (Å²) in [5.74, 6) is 0. The summed E-state index contributed by atoms with van der Waals surface area (Å²) in [6.07, 6.45) is -5.37. The summed E-state index contributed by atoms with van der Waals surface area (Å²) in [4.78, 5) is 18.9. The molecule has 0 aliphatic carbocycles. The van der Waals surface area contributed by atoms with E-state index in [0.29, 0.717) is 13.0 Å². The average molecular weight is 294 g/mol. The van der Waals surface area contributed by atoms with Crippen molar-refractivity contribution in [2.45, 2.75) is 24.7 Å². The molecule has 110 valence electrons. The minimum Gasteiger partial charge on any atom is -0.371 e. The van der Waals surface area contributed by atoms with Crippen LogP contribution in [-0.4, -0.2) is 27.2 Å². The van der Waals surface area contributed by atoms with Crippen LogP contribution in [0.5, 0.6) is 0 Å². The summed E-state index contributed by atoms with van der Waals surface area (Å²) < 4.78 is 39.0. The van der Waals surface area contributed by atoms with Crippen LogP contribution in [-0.2, 0) is 5.60 Å². The number of nitro groups is 2. The number of hydrogen-bond donors (Lipinski definition) is 1. The molecule has 1 rings (SSSR count). The number of non-ortho nitro benzene ring substituents is 1. The van der Waals surface area contributed by atoms with Crippen LogP contribution >= 0.6 is 0 Å². The zero-order chi connectivity index (χ0) is 15.7. The molecule has 0 radical (unpaired) electrons. The molecule has 1 N–H and O–H groups in total. The first-order chi connectivity index (χ1) is 9.01. The fourth-order valence-corrected chi connectivity index (χ4v) is 1.65. The third-order valence-corrected chi connectivity index (χ3v) is 2.85. The molecule has 0 amide bonds. The van der Waals surface area contributed by atoms with Crippen LogP contribution in [0, 0.1) is 20.2 Å². The molecule has 2 atom stereocenters. The maximum Gasteiger partial charge on any atom is 0.428 e. The standard InChI is InChI=1S/C10H9F3N2O5/c1-6(14(17)18)9(16,10(11,12)13)7-3-2-4-8(5-7)15(19)20/h2-6,16H,1H3. The van der Waals surface area contributed by atoms with Crippen molar-refractivity contribution in [3.05, 3.63) is 50.1 Å². The lowest BCUT2D eigenvalue weighted by atomic mass is 9.86. The second-order valence-corrected chi connectivity index (χ2v) is 4.03. The first-order valence-corrected chi connectivity index (χ1v) is 5.19. The van der Waals surface area contributed by atoms with Crippen molar-refractivity contribution in [3.8, 4) is 0 Å². The van der Waals surface area contributed by atoms with E-state index in [-0.39, 0.29) is 0 Å². The Bertz CT molecular complexity index is 548. The monoisotopic (exact) mass is 294 g/mol. The molecule has 0 fully saturated rings. The van der Waals surface area contributed by atoms with Crippen molar-refractivity contribution in [3.63, 3.8) is 0 Å². The molecule has 0 aliphatic rings. The number of halogens is 3. The first-order valence-electron chi connectivity index (χ1n) is 5.19. The Morgan fingerprint density at radius 3 is 2.20 bits per heavy atom. The molecule has 0 bridgehead atoms. The van der Waals surface area contributed by atoms with E-state index >= 15 is 0 Å². The lowest BCUT2D eigenvalue weighted by Gasteiger charge is -2.31. The SMILES string of the molecule is CC([N+](=O)[O-])C(O)(c1cccc([N+](=O)[O-])c1)C(F)(F)F. The topological polar surface area (TPSA) is 107 Å². The number of benzene rings is 1. The Morgan fingerprint density at radius 1 is 1.25 bits per heavy atom. The summed E-state index contributed by atoms with van der Waals surface area (Å²) in [7, 11) is 0. The van der Waals surface area contributed by atoms with Gasteiger partial charge >= 0.3 is 6.18 Å². The Kier molecular flexibility index (Phi) is 3.99. The maximum absolute atomic E-state index is 13.0. The van der Waals surface area contributed by atoms with E-state index in [1.54, 1.807) is 0 Å². The molecule has 1 aromatic carbocycles. The van der Waals surface area contributed by atoms with Crippen molar-refractivity contribution >= 4 is 5.69 Å². The highest BCUT2D eigenvalue weighted by Crippen LogP contribution is 2.43. The van der Waals surface area contributed by atoms with E-state index in [4.69, 9.17) is 0 Å². The third-order valence-electron chi connectivity index (χ3n) is 2.85. The fourth-order valence-electron chi connectivity index (χ4n) is 1.65. The van der Waals surface area contributed by atoms with Gasteiger partial charge in [0.05, 0.1) is 4.92 Å². The first kappa shape index (κ1) is 15.8. The zero-order valence-corrected chi connectivity index (χ0v) is 10.00. The molecule has 0 saturated carbocycles. The van der Waals surface area contributed by atoms with Crippen LogP contribution in [0.3, 0.4) is 0 Å². The Hall–Kier alpha value is -2.23. The summed E-state index contributed by atoms with van der Waals surface area (Å²) >= 11 is 0. The van der Waals surface area contributed by atoms with Crippen LogP contribution < -0.4 is 0 Å². The predicted molar refractivity (Wildman–Crippen MR) is 59.5 cm³/mol. The van der Waals surface area contributed by atoms with E-state index < -0.39 is 38.9 Å². The maximum atomic E-state index is 13.0. The van der Waals surface area contributed by atoms with E-state index in [1.807, 2.05) is 0 Å². The minimum atomic E-state index is -5.37. The fraction of sp³-hybridized carbons (Fsp3) is 0.400. The molecule has 7 nitrogen and oxygen atoms in total. The predicted octanol–water partition coefficient (Wildman–Crippen LogP) is 2.01. The number of hydrogen-bond acceptors (Lipinski definition) is 5. The number of aliphatic hydroxyl groups is 1. The quantitative estimate of drug-likeness (QED) is 0.675. The van der Waals surface area contributed by atoms with Crippen molar-refractivity contribution in [2.75, 3.05) is 0 Å². The van der Waals surface area contributed by atoms with E-state index in [1.165, 1.54) is 0 Å². The van der Waals surface area contributed by atoms with Gasteiger partial charge in [0.25, 0.3) is 17.3 Å². The smallest absolute Gasteiger partial charge is 0.371 e. The highest BCUT2D eigenvalue weighted by atomic mass is 19.4. The molecule has 0 spiro atoms. The van der Waals surface area contributed by atoms with Gasteiger partial charge in [-0.25, -0.2) is 0 Å². The summed E-state index contributed by atoms with van der Waals surface area (Å²) in [6.45, 7) is 0.576. The minimum absolute atomic E-state index is 0.466. The summed E-state index contributed by atoms with van der Waals surface area (Å²) in [5.41, 5.74) is -5.48. The number of nitro benzene ring substituents is 1. The van der Waals surface area contributed by atoms with Gasteiger partial charge in [-0.1, -0.05) is 12.1 Å². The van der Waals surface area contributed by atoms with Crippen LogP contribution in [0.4, 0.5) is 18.9 Å². The average Bonchev–Trinajstić information content (AvgIpc) is 2.35. The Labute approximate surface area is 109 Å². The van der Waals surface area contributed by atoms with Crippen LogP contribution in [0.2, 0.25) is 0 Å². The molecule has 2 unspecified atom stereocenters. The van der Waals surface area contributed by atoms with Crippen molar-refractivity contribution in [1.82, 2.24) is 0 Å². The molecular weight excluding hydrogens is 285 g/mol. The van der Waals surface area contributed by atoms with Crippen LogP contribution in [0.15, 0.2) is 24.3 Å². The highest BCUT2D eigenvalue weighted by molar-refractivity contribution is 5.38. The van der Waals surface area contributed by atoms with Gasteiger partial charge in [0.1, 0.15) is 0 Å². The summed E-state index contributed by atoms with van der Waals surface area (Å²) in [5, 5.41) is 30.9. The molecule has 0 aliphatic heterocycles. The number of alkyl halides is 3. The molecule has 10 heteroatoms. The van der Waals surface area contributed by atoms with Crippen molar-refractivity contribution in [1.29, 1.82) is 0 Å². The normalized spacial score (nSPS) is 16.2. The van der Waals surface area contributed by atoms with Gasteiger partial charge in [-0.3, -0.25) is 20.2 Å². The molecular formula is C10H9F3N2O5. The third kappa shape index (κ3) is 2.54. The van der Waals surface area contributed by atoms with E-state index in [0.717, 1.165) is 18.2 Å². The molecule has 1 aromatic rings. The van der Waals surface area contributed by atoms with E-state index in [2.05, 4.69) is 0 Å². The summed E-state index contributed by atoms with van der Waals surface area (Å²) in [6, 6.07) is 0.617. The Balaban J connectivity index is 3.50.